The van der Waals surface area contributed by atoms with E-state index in [0.717, 1.165) is 4.57 Å². The fourth-order valence-corrected chi connectivity index (χ4v) is 2.86. The second-order valence-corrected chi connectivity index (χ2v) is 6.15. The molecule has 1 aromatic carbocycles. The van der Waals surface area contributed by atoms with Crippen LogP contribution >= 0.6 is 0 Å². The van der Waals surface area contributed by atoms with Crippen LogP contribution in [0.2, 0.25) is 0 Å². The molecule has 1 aliphatic heterocycles. The van der Waals surface area contributed by atoms with Gasteiger partial charge in [-0.2, -0.15) is 13.2 Å². The van der Waals surface area contributed by atoms with Gasteiger partial charge in [0.15, 0.2) is 0 Å². The molecule has 3 rings (SSSR count). The number of alkyl halides is 3. The Labute approximate surface area is 158 Å². The molecule has 0 fully saturated rings. The van der Waals surface area contributed by atoms with E-state index in [1.807, 2.05) is 0 Å². The first-order valence-electron chi connectivity index (χ1n) is 8.56. The Hall–Kier alpha value is -2.95. The average Bonchev–Trinajstić information content (AvgIpc) is 3.06. The quantitative estimate of drug-likeness (QED) is 0.776. The molecule has 28 heavy (non-hydrogen) atoms. The molecule has 2 aromatic rings. The largest absolute Gasteiger partial charge is 0.462 e. The topological polar surface area (TPSA) is 89.4 Å². The third-order valence-electron chi connectivity index (χ3n) is 4.13. The molecule has 1 amide bonds. The Kier molecular flexibility index (Phi) is 5.63. The van der Waals surface area contributed by atoms with E-state index in [1.165, 1.54) is 12.1 Å². The molecule has 0 saturated carbocycles. The minimum atomic E-state index is -4.56. The number of benzene rings is 1. The van der Waals surface area contributed by atoms with Crippen molar-refractivity contribution in [3.05, 3.63) is 41.5 Å². The number of anilines is 1. The van der Waals surface area contributed by atoms with Crippen LogP contribution in [-0.2, 0) is 28.8 Å². The average molecular weight is 397 g/mol. The van der Waals surface area contributed by atoms with Crippen molar-refractivity contribution >= 4 is 17.6 Å². The lowest BCUT2D eigenvalue weighted by atomic mass is 10.2. The maximum atomic E-state index is 12.8. The predicted molar refractivity (Wildman–Crippen MR) is 91.3 cm³/mol. The summed E-state index contributed by atoms with van der Waals surface area (Å²) < 4.78 is 44.5. The van der Waals surface area contributed by atoms with Crippen LogP contribution in [0.3, 0.4) is 0 Å². The van der Waals surface area contributed by atoms with Gasteiger partial charge >= 0.3 is 12.1 Å². The summed E-state index contributed by atoms with van der Waals surface area (Å²) >= 11 is 0. The number of ether oxygens (including phenoxy) is 1. The lowest BCUT2D eigenvalue weighted by molar-refractivity contribution is -0.148. The number of rotatable bonds is 5. The Morgan fingerprint density at radius 2 is 1.89 bits per heavy atom. The summed E-state index contributed by atoms with van der Waals surface area (Å²) in [5.41, 5.74) is 0.869. The third kappa shape index (κ3) is 4.47. The van der Waals surface area contributed by atoms with E-state index in [-0.39, 0.29) is 44.5 Å². The first-order chi connectivity index (χ1) is 13.3. The number of nitrogens with one attached hydrogen (secondary N) is 1. The molecule has 1 N–H and O–H groups in total. The van der Waals surface area contributed by atoms with Crippen LogP contribution in [0.5, 0.6) is 0 Å². The second-order valence-electron chi connectivity index (χ2n) is 6.15. The molecule has 8 nitrogen and oxygen atoms in total. The summed E-state index contributed by atoms with van der Waals surface area (Å²) in [5, 5.41) is 9.48. The molecule has 2 heterocycles. The molecule has 0 atom stereocenters. The van der Waals surface area contributed by atoms with Crippen LogP contribution in [-0.4, -0.2) is 51.2 Å². The van der Waals surface area contributed by atoms with Crippen molar-refractivity contribution < 1.29 is 27.5 Å². The summed E-state index contributed by atoms with van der Waals surface area (Å²) in [6, 6.07) is 6.23. The molecule has 1 aliphatic rings. The summed E-state index contributed by atoms with van der Waals surface area (Å²) in [5.74, 6) is -1.62. The standard InChI is InChI=1S/C17H18F3N5O3/c1-2-28-15(27)11-3-5-12(6-4-11)21-14(26)10-24-7-8-25-13(9-24)22-23-16(25)17(18,19)20/h3-6H,2,7-10H2,1H3,(H,21,26). The van der Waals surface area contributed by atoms with Crippen molar-refractivity contribution in [1.82, 2.24) is 19.7 Å². The van der Waals surface area contributed by atoms with E-state index in [2.05, 4.69) is 15.5 Å². The van der Waals surface area contributed by atoms with E-state index in [0.29, 0.717) is 11.3 Å². The van der Waals surface area contributed by atoms with Gasteiger partial charge in [0, 0.05) is 18.8 Å². The Balaban J connectivity index is 1.56. The van der Waals surface area contributed by atoms with Crippen molar-refractivity contribution in [3.63, 3.8) is 0 Å². The Morgan fingerprint density at radius 3 is 2.54 bits per heavy atom. The van der Waals surface area contributed by atoms with Gasteiger partial charge in [-0.15, -0.1) is 10.2 Å². The van der Waals surface area contributed by atoms with Crippen molar-refractivity contribution in [1.29, 1.82) is 0 Å². The molecule has 0 bridgehead atoms. The van der Waals surface area contributed by atoms with E-state index in [4.69, 9.17) is 4.74 Å². The predicted octanol–water partition coefficient (Wildman–Crippen LogP) is 1.93. The number of aromatic nitrogens is 3. The van der Waals surface area contributed by atoms with Crippen LogP contribution in [0, 0.1) is 0 Å². The highest BCUT2D eigenvalue weighted by Crippen LogP contribution is 2.29. The first kappa shape index (κ1) is 19.8. The highest BCUT2D eigenvalue weighted by molar-refractivity contribution is 5.94. The minimum Gasteiger partial charge on any atom is -0.462 e. The summed E-state index contributed by atoms with van der Waals surface area (Å²) in [7, 11) is 0. The van der Waals surface area contributed by atoms with E-state index < -0.39 is 18.0 Å². The van der Waals surface area contributed by atoms with Gasteiger partial charge in [0.1, 0.15) is 5.82 Å². The smallest absolute Gasteiger partial charge is 0.451 e. The maximum absolute atomic E-state index is 12.8. The number of carbonyl (C=O) groups is 2. The molecule has 0 spiro atoms. The zero-order chi connectivity index (χ0) is 20.3. The third-order valence-corrected chi connectivity index (χ3v) is 4.13. The minimum absolute atomic E-state index is 0.00611. The normalized spacial score (nSPS) is 14.4. The molecule has 1 aromatic heterocycles. The lowest BCUT2D eigenvalue weighted by Crippen LogP contribution is -2.39. The van der Waals surface area contributed by atoms with Gasteiger partial charge in [-0.1, -0.05) is 0 Å². The number of halogens is 3. The van der Waals surface area contributed by atoms with Crippen molar-refractivity contribution in [3.8, 4) is 0 Å². The van der Waals surface area contributed by atoms with Crippen molar-refractivity contribution in [2.24, 2.45) is 0 Å². The zero-order valence-corrected chi connectivity index (χ0v) is 15.0. The molecule has 0 saturated heterocycles. The van der Waals surface area contributed by atoms with E-state index >= 15 is 0 Å². The number of amides is 1. The molecule has 0 radical (unpaired) electrons. The summed E-state index contributed by atoms with van der Waals surface area (Å²) in [6.45, 7) is 2.39. The van der Waals surface area contributed by atoms with Crippen LogP contribution in [0.4, 0.5) is 18.9 Å². The number of carbonyl (C=O) groups excluding carboxylic acids is 2. The number of hydrogen-bond donors (Lipinski definition) is 1. The van der Waals surface area contributed by atoms with Crippen LogP contribution in [0.15, 0.2) is 24.3 Å². The molecule has 0 unspecified atom stereocenters. The van der Waals surface area contributed by atoms with Crippen molar-refractivity contribution in [2.45, 2.75) is 26.2 Å². The van der Waals surface area contributed by atoms with Gasteiger partial charge in [-0.3, -0.25) is 9.69 Å². The first-order valence-corrected chi connectivity index (χ1v) is 8.56. The number of hydrogen-bond acceptors (Lipinski definition) is 6. The number of esters is 1. The summed E-state index contributed by atoms with van der Waals surface area (Å²) in [4.78, 5) is 25.5. The fourth-order valence-electron chi connectivity index (χ4n) is 2.86. The molecule has 150 valence electrons. The van der Waals surface area contributed by atoms with Crippen molar-refractivity contribution in [2.75, 3.05) is 25.0 Å². The lowest BCUT2D eigenvalue weighted by Gasteiger charge is -2.27. The van der Waals surface area contributed by atoms with Gasteiger partial charge in [-0.25, -0.2) is 4.79 Å². The zero-order valence-electron chi connectivity index (χ0n) is 15.0. The highest BCUT2D eigenvalue weighted by atomic mass is 19.4. The Bertz CT molecular complexity index is 864. The maximum Gasteiger partial charge on any atom is 0.451 e. The second kappa shape index (κ2) is 7.97. The SMILES string of the molecule is CCOC(=O)c1ccc(NC(=O)CN2CCn3c(nnc3C(F)(F)F)C2)cc1. The highest BCUT2D eigenvalue weighted by Gasteiger charge is 2.39. The summed E-state index contributed by atoms with van der Waals surface area (Å²) in [6.07, 6.45) is -4.56. The van der Waals surface area contributed by atoms with Gasteiger partial charge < -0.3 is 14.6 Å². The van der Waals surface area contributed by atoms with Gasteiger partial charge in [0.05, 0.1) is 25.3 Å². The molecular weight excluding hydrogens is 379 g/mol. The molecule has 11 heteroatoms. The van der Waals surface area contributed by atoms with Gasteiger partial charge in [-0.05, 0) is 31.2 Å². The Morgan fingerprint density at radius 1 is 1.18 bits per heavy atom. The molecular formula is C17H18F3N5O3. The van der Waals surface area contributed by atoms with E-state index in [9.17, 15) is 22.8 Å². The van der Waals surface area contributed by atoms with Crippen LogP contribution in [0.1, 0.15) is 28.9 Å². The number of fused-ring (bicyclic) bond motifs is 1. The molecule has 0 aliphatic carbocycles. The van der Waals surface area contributed by atoms with Gasteiger partial charge in [0.25, 0.3) is 0 Å². The van der Waals surface area contributed by atoms with Gasteiger partial charge in [0.2, 0.25) is 11.7 Å². The van der Waals surface area contributed by atoms with E-state index in [1.54, 1.807) is 24.0 Å². The number of nitrogens with zero attached hydrogens (tertiary/aromatic N) is 4. The van der Waals surface area contributed by atoms with Crippen LogP contribution < -0.4 is 5.32 Å². The fraction of sp³-hybridized carbons (Fsp3) is 0.412. The monoisotopic (exact) mass is 397 g/mol. The van der Waals surface area contributed by atoms with Crippen LogP contribution in [0.25, 0.3) is 0 Å².